The van der Waals surface area contributed by atoms with Crippen LogP contribution in [-0.2, 0) is 39.9 Å². The fraction of sp³-hybridized carbons (Fsp3) is 0.480. The third kappa shape index (κ3) is 15.8. The van der Waals surface area contributed by atoms with Gasteiger partial charge in [-0.2, -0.15) is 0 Å². The summed E-state index contributed by atoms with van der Waals surface area (Å²) in [5, 5.41) is 9.21. The lowest BCUT2D eigenvalue weighted by molar-refractivity contribution is -0.150. The molecular weight excluding hydrogens is 535 g/mol. The second kappa shape index (κ2) is 16.6. The number of hydrogen-bond acceptors (Lipinski definition) is 8. The predicted octanol–water partition coefficient (Wildman–Crippen LogP) is 4.62. The van der Waals surface area contributed by atoms with Crippen LogP contribution in [0.25, 0.3) is 0 Å². The maximum Gasteiger partial charge on any atom is 0.330 e. The first-order valence-electron chi connectivity index (χ1n) is 11.2. The molecule has 0 amide bonds. The van der Waals surface area contributed by atoms with Crippen LogP contribution >= 0.6 is 34.8 Å². The minimum Gasteiger partial charge on any atom is -0.462 e. The number of carbonyl (C=O) groups excluding carboxylic acids is 3. The summed E-state index contributed by atoms with van der Waals surface area (Å²) in [6.45, 7) is 4.53. The van der Waals surface area contributed by atoms with Gasteiger partial charge in [-0.3, -0.25) is 4.79 Å². The molecule has 0 unspecified atom stereocenters. The average Bonchev–Trinajstić information content (AvgIpc) is 2.77. The molecule has 1 N–H and O–H groups in total. The molecule has 11 heteroatoms. The standard InChI is InChI=1S/C25H31Cl3O8/c1-17(29)14-24(32)35-18(2)8-7-11-23(31)36-19(3)21(33-15-20-9-5-4-6-10-20)12-13-22(30)34-16-25(26,27)28/h4-7,9-13,17-19,21,29H,8,14-16H2,1-3H3/b11-7+,13-12+/t17-,18+,19+,21-/m1/s1. The van der Waals surface area contributed by atoms with Crippen LogP contribution in [-0.4, -0.2) is 57.8 Å². The highest BCUT2D eigenvalue weighted by atomic mass is 35.6. The van der Waals surface area contributed by atoms with E-state index in [-0.39, 0.29) is 19.4 Å². The fourth-order valence-corrected chi connectivity index (χ4v) is 2.86. The Morgan fingerprint density at radius 2 is 1.67 bits per heavy atom. The SMILES string of the molecule is C[C@H](OC(=O)/C=C/C[C@H](C)OC(=O)C[C@@H](C)O)[C@@H](/C=C/C(=O)OCC(Cl)(Cl)Cl)OCc1ccccc1. The smallest absolute Gasteiger partial charge is 0.330 e. The average molecular weight is 566 g/mol. The topological polar surface area (TPSA) is 108 Å². The highest BCUT2D eigenvalue weighted by Gasteiger charge is 2.23. The number of hydrogen-bond donors (Lipinski definition) is 1. The normalized spacial score (nSPS) is 15.3. The summed E-state index contributed by atoms with van der Waals surface area (Å²) < 4.78 is 19.5. The summed E-state index contributed by atoms with van der Waals surface area (Å²) in [6.07, 6.45) is 2.56. The summed E-state index contributed by atoms with van der Waals surface area (Å²) in [5.74, 6) is -1.93. The molecule has 0 heterocycles. The molecule has 0 fully saturated rings. The Morgan fingerprint density at radius 3 is 2.28 bits per heavy atom. The maximum absolute atomic E-state index is 12.3. The van der Waals surface area contributed by atoms with E-state index in [0.29, 0.717) is 0 Å². The number of rotatable bonds is 14. The lowest BCUT2D eigenvalue weighted by Crippen LogP contribution is -2.29. The van der Waals surface area contributed by atoms with E-state index < -0.39 is 52.7 Å². The minimum atomic E-state index is -1.74. The summed E-state index contributed by atoms with van der Waals surface area (Å²) >= 11 is 16.7. The van der Waals surface area contributed by atoms with Crippen LogP contribution in [0.5, 0.6) is 0 Å². The number of halogens is 3. The van der Waals surface area contributed by atoms with Gasteiger partial charge in [-0.05, 0) is 32.4 Å². The Labute approximate surface area is 226 Å². The zero-order valence-electron chi connectivity index (χ0n) is 20.3. The van der Waals surface area contributed by atoms with Crippen LogP contribution in [0.2, 0.25) is 0 Å². The molecule has 1 aromatic rings. The van der Waals surface area contributed by atoms with Gasteiger partial charge >= 0.3 is 17.9 Å². The summed E-state index contributed by atoms with van der Waals surface area (Å²) in [4.78, 5) is 35.8. The zero-order chi connectivity index (χ0) is 27.1. The zero-order valence-corrected chi connectivity index (χ0v) is 22.5. The van der Waals surface area contributed by atoms with Crippen molar-refractivity contribution in [2.75, 3.05) is 6.61 Å². The first-order chi connectivity index (χ1) is 16.9. The van der Waals surface area contributed by atoms with Crippen molar-refractivity contribution in [2.45, 2.75) is 68.4 Å². The van der Waals surface area contributed by atoms with E-state index in [9.17, 15) is 19.5 Å². The second-order valence-electron chi connectivity index (χ2n) is 7.98. The van der Waals surface area contributed by atoms with E-state index in [1.54, 1.807) is 13.8 Å². The molecule has 0 aliphatic heterocycles. The van der Waals surface area contributed by atoms with E-state index in [4.69, 9.17) is 53.8 Å². The number of ether oxygens (including phenoxy) is 4. The van der Waals surface area contributed by atoms with E-state index in [1.807, 2.05) is 30.3 Å². The van der Waals surface area contributed by atoms with Crippen molar-refractivity contribution in [3.05, 3.63) is 60.2 Å². The maximum atomic E-state index is 12.3. The van der Waals surface area contributed by atoms with Gasteiger partial charge in [-0.1, -0.05) is 71.2 Å². The molecule has 4 atom stereocenters. The van der Waals surface area contributed by atoms with Crippen LogP contribution in [0, 0.1) is 0 Å². The van der Waals surface area contributed by atoms with Gasteiger partial charge in [-0.15, -0.1) is 0 Å². The highest BCUT2D eigenvalue weighted by molar-refractivity contribution is 6.67. The van der Waals surface area contributed by atoms with Gasteiger partial charge in [0.2, 0.25) is 3.79 Å². The fourth-order valence-electron chi connectivity index (χ4n) is 2.70. The van der Waals surface area contributed by atoms with Crippen molar-refractivity contribution < 1.29 is 38.4 Å². The summed E-state index contributed by atoms with van der Waals surface area (Å²) in [5.41, 5.74) is 0.882. The molecule has 0 saturated heterocycles. The second-order valence-corrected chi connectivity index (χ2v) is 10.5. The number of esters is 3. The molecule has 0 aliphatic rings. The van der Waals surface area contributed by atoms with Gasteiger partial charge < -0.3 is 24.1 Å². The predicted molar refractivity (Wildman–Crippen MR) is 137 cm³/mol. The van der Waals surface area contributed by atoms with E-state index >= 15 is 0 Å². The molecule has 0 saturated carbocycles. The van der Waals surface area contributed by atoms with Crippen molar-refractivity contribution in [2.24, 2.45) is 0 Å². The molecule has 1 rings (SSSR count). The molecule has 0 spiro atoms. The number of aliphatic hydroxyl groups excluding tert-OH is 1. The quantitative estimate of drug-likeness (QED) is 0.151. The van der Waals surface area contributed by atoms with Crippen LogP contribution in [0.1, 0.15) is 39.2 Å². The van der Waals surface area contributed by atoms with Crippen LogP contribution in [0.15, 0.2) is 54.6 Å². The van der Waals surface area contributed by atoms with E-state index in [2.05, 4.69) is 0 Å². The lowest BCUT2D eigenvalue weighted by atomic mass is 10.2. The Balaban J connectivity index is 2.69. The van der Waals surface area contributed by atoms with Crippen molar-refractivity contribution in [3.63, 3.8) is 0 Å². The Hall–Kier alpha value is -2.10. The number of benzene rings is 1. The summed E-state index contributed by atoms with van der Waals surface area (Å²) in [6, 6.07) is 9.31. The van der Waals surface area contributed by atoms with Gasteiger partial charge in [0.1, 0.15) is 24.9 Å². The Morgan fingerprint density at radius 1 is 1.00 bits per heavy atom. The molecule has 1 aromatic carbocycles. The Kier molecular flexibility index (Phi) is 14.7. The molecule has 0 radical (unpaired) electrons. The number of alkyl halides is 3. The van der Waals surface area contributed by atoms with E-state index in [1.165, 1.54) is 25.2 Å². The molecule has 0 aromatic heterocycles. The minimum absolute atomic E-state index is 0.108. The largest absolute Gasteiger partial charge is 0.462 e. The number of carbonyl (C=O) groups is 3. The van der Waals surface area contributed by atoms with E-state index in [0.717, 1.165) is 11.6 Å². The van der Waals surface area contributed by atoms with Crippen LogP contribution < -0.4 is 0 Å². The van der Waals surface area contributed by atoms with Crippen molar-refractivity contribution in [1.82, 2.24) is 0 Å². The highest BCUT2D eigenvalue weighted by Crippen LogP contribution is 2.26. The van der Waals surface area contributed by atoms with Gasteiger partial charge in [-0.25, -0.2) is 9.59 Å². The van der Waals surface area contributed by atoms with Gasteiger partial charge in [0.15, 0.2) is 0 Å². The van der Waals surface area contributed by atoms with Crippen LogP contribution in [0.3, 0.4) is 0 Å². The third-order valence-corrected chi connectivity index (χ3v) is 4.69. The molecule has 36 heavy (non-hydrogen) atoms. The van der Waals surface area contributed by atoms with Gasteiger partial charge in [0.25, 0.3) is 0 Å². The summed E-state index contributed by atoms with van der Waals surface area (Å²) in [7, 11) is 0. The van der Waals surface area contributed by atoms with Gasteiger partial charge in [0, 0.05) is 18.6 Å². The van der Waals surface area contributed by atoms with Crippen molar-refractivity contribution >= 4 is 52.7 Å². The van der Waals surface area contributed by atoms with Crippen molar-refractivity contribution in [3.8, 4) is 0 Å². The molecular formula is C25H31Cl3O8. The Bertz CT molecular complexity index is 881. The third-order valence-electron chi connectivity index (χ3n) is 4.37. The molecule has 0 aliphatic carbocycles. The van der Waals surface area contributed by atoms with Gasteiger partial charge in [0.05, 0.1) is 19.1 Å². The van der Waals surface area contributed by atoms with Crippen LogP contribution in [0.4, 0.5) is 0 Å². The number of aliphatic hydroxyl groups is 1. The first kappa shape index (κ1) is 31.9. The lowest BCUT2D eigenvalue weighted by Gasteiger charge is -2.21. The first-order valence-corrected chi connectivity index (χ1v) is 12.3. The molecule has 8 nitrogen and oxygen atoms in total. The monoisotopic (exact) mass is 564 g/mol. The molecule has 200 valence electrons. The van der Waals surface area contributed by atoms with Crippen molar-refractivity contribution in [1.29, 1.82) is 0 Å². The molecule has 0 bridgehead atoms.